The number of anilines is 1. The standard InChI is InChI=1S/C11H10BrFN2O2S2/c12-6-1-2-9(7(13)3-6)15-10-5-19(16,17)4-8(10)14-11(15)18/h1-3,8,10H,4-5H2,(H-,14,16,17,18)/p+1/t8-,10+/m1/s1. The van der Waals surface area contributed by atoms with Crippen molar-refractivity contribution in [2.45, 2.75) is 12.1 Å². The van der Waals surface area contributed by atoms with Gasteiger partial charge >= 0.3 is 0 Å². The lowest BCUT2D eigenvalue weighted by atomic mass is 10.1. The third kappa shape index (κ3) is 2.31. The minimum absolute atomic E-state index is 0.111. The van der Waals surface area contributed by atoms with Gasteiger partial charge in [0, 0.05) is 4.47 Å². The van der Waals surface area contributed by atoms with Gasteiger partial charge in [-0.15, -0.1) is 0 Å². The number of hydrogen-bond acceptors (Lipinski definition) is 2. The summed E-state index contributed by atoms with van der Waals surface area (Å²) in [6.45, 7) is 0. The van der Waals surface area contributed by atoms with Crippen molar-refractivity contribution in [1.82, 2.24) is 5.32 Å². The van der Waals surface area contributed by atoms with Crippen LogP contribution in [0.1, 0.15) is 0 Å². The molecule has 0 spiro atoms. The Morgan fingerprint density at radius 2 is 2.26 bits per heavy atom. The van der Waals surface area contributed by atoms with Gasteiger partial charge in [-0.2, -0.15) is 4.55 Å². The Labute approximate surface area is 124 Å². The fourth-order valence-corrected chi connectivity index (χ4v) is 5.21. The molecule has 2 aliphatic rings. The SMILES string of the molecule is O=[S+]1(O)C[C@H]2NC(=S)N(c3ccc(Br)cc3F)[C@H]2C1. The van der Waals surface area contributed by atoms with Gasteiger partial charge in [-0.05, 0) is 30.4 Å². The number of fused-ring (bicyclic) bond motifs is 1. The summed E-state index contributed by atoms with van der Waals surface area (Å²) in [5.41, 5.74) is 0.338. The van der Waals surface area contributed by atoms with E-state index < -0.39 is 16.0 Å². The van der Waals surface area contributed by atoms with Crippen LogP contribution in [0, 0.1) is 5.82 Å². The number of rotatable bonds is 1. The van der Waals surface area contributed by atoms with Crippen molar-refractivity contribution in [3.63, 3.8) is 0 Å². The maximum atomic E-state index is 14.0. The predicted octanol–water partition coefficient (Wildman–Crippen LogP) is 2.01. The summed E-state index contributed by atoms with van der Waals surface area (Å²) in [5, 5.41) is 3.41. The Morgan fingerprint density at radius 3 is 2.95 bits per heavy atom. The first-order chi connectivity index (χ1) is 8.87. The zero-order chi connectivity index (χ0) is 13.8. The van der Waals surface area contributed by atoms with E-state index in [1.54, 1.807) is 17.0 Å². The highest BCUT2D eigenvalue weighted by Crippen LogP contribution is 2.33. The largest absolute Gasteiger partial charge is 0.352 e. The van der Waals surface area contributed by atoms with E-state index in [2.05, 4.69) is 21.2 Å². The molecular formula is C11H11BrFN2O2S2+. The quantitative estimate of drug-likeness (QED) is 0.588. The van der Waals surface area contributed by atoms with Crippen LogP contribution < -0.4 is 10.2 Å². The van der Waals surface area contributed by atoms with Crippen LogP contribution in [0.2, 0.25) is 0 Å². The van der Waals surface area contributed by atoms with Crippen molar-refractivity contribution < 1.29 is 13.2 Å². The second-order valence-electron chi connectivity index (χ2n) is 4.69. The fraction of sp³-hybridized carbons (Fsp3) is 0.364. The molecule has 0 aliphatic carbocycles. The van der Waals surface area contributed by atoms with E-state index in [0.29, 0.717) is 15.3 Å². The molecule has 19 heavy (non-hydrogen) atoms. The molecule has 0 amide bonds. The summed E-state index contributed by atoms with van der Waals surface area (Å²) in [6, 6.07) is 4.25. The number of benzene rings is 1. The fourth-order valence-electron chi connectivity index (χ4n) is 2.58. The first kappa shape index (κ1) is 13.4. The Kier molecular flexibility index (Phi) is 3.16. The zero-order valence-electron chi connectivity index (χ0n) is 9.68. The van der Waals surface area contributed by atoms with Crippen molar-refractivity contribution in [3.05, 3.63) is 28.5 Å². The maximum absolute atomic E-state index is 14.0. The van der Waals surface area contributed by atoms with Crippen LogP contribution in [0.4, 0.5) is 10.1 Å². The molecule has 2 heterocycles. The van der Waals surface area contributed by atoms with Gasteiger partial charge in [-0.3, -0.25) is 0 Å². The van der Waals surface area contributed by atoms with Gasteiger partial charge in [0.1, 0.15) is 17.9 Å². The lowest BCUT2D eigenvalue weighted by molar-refractivity contribution is 0.502. The molecule has 1 unspecified atom stereocenters. The number of hydrogen-bond donors (Lipinski definition) is 2. The van der Waals surface area contributed by atoms with E-state index in [-0.39, 0.29) is 23.6 Å². The molecule has 2 saturated heterocycles. The molecule has 1 aromatic rings. The van der Waals surface area contributed by atoms with Gasteiger partial charge in [0.15, 0.2) is 16.6 Å². The van der Waals surface area contributed by atoms with E-state index in [0.717, 1.165) is 0 Å². The Bertz CT molecular complexity index is 612. The van der Waals surface area contributed by atoms with E-state index in [1.807, 2.05) is 0 Å². The first-order valence-electron chi connectivity index (χ1n) is 5.64. The minimum atomic E-state index is -2.84. The molecule has 102 valence electrons. The number of thiocarbonyl (C=S) groups is 1. The first-order valence-corrected chi connectivity index (χ1v) is 8.70. The predicted molar refractivity (Wildman–Crippen MR) is 80.3 cm³/mol. The van der Waals surface area contributed by atoms with Crippen molar-refractivity contribution in [1.29, 1.82) is 0 Å². The second kappa shape index (κ2) is 4.47. The smallest absolute Gasteiger partial charge is 0.218 e. The third-order valence-electron chi connectivity index (χ3n) is 3.36. The van der Waals surface area contributed by atoms with Gasteiger partial charge in [0.05, 0.1) is 5.69 Å². The van der Waals surface area contributed by atoms with Crippen molar-refractivity contribution in [2.75, 3.05) is 16.4 Å². The highest BCUT2D eigenvalue weighted by molar-refractivity contribution is 9.10. The summed E-state index contributed by atoms with van der Waals surface area (Å²) in [7, 11) is -2.84. The topological polar surface area (TPSA) is 52.6 Å². The molecule has 4 nitrogen and oxygen atoms in total. The van der Waals surface area contributed by atoms with Crippen LogP contribution in [0.25, 0.3) is 0 Å². The van der Waals surface area contributed by atoms with E-state index in [9.17, 15) is 13.2 Å². The second-order valence-corrected chi connectivity index (χ2v) is 8.21. The summed E-state index contributed by atoms with van der Waals surface area (Å²) in [6.07, 6.45) is 0. The summed E-state index contributed by atoms with van der Waals surface area (Å²) < 4.78 is 36.1. The summed E-state index contributed by atoms with van der Waals surface area (Å²) in [4.78, 5) is 1.62. The lowest BCUT2D eigenvalue weighted by Gasteiger charge is -2.22. The molecule has 2 aliphatic heterocycles. The van der Waals surface area contributed by atoms with E-state index in [4.69, 9.17) is 12.2 Å². The monoisotopic (exact) mass is 365 g/mol. The van der Waals surface area contributed by atoms with Gasteiger partial charge in [-0.1, -0.05) is 20.1 Å². The molecule has 3 atom stereocenters. The number of nitrogens with zero attached hydrogens (tertiary/aromatic N) is 1. The molecule has 0 saturated carbocycles. The van der Waals surface area contributed by atoms with Gasteiger partial charge in [-0.25, -0.2) is 4.39 Å². The highest BCUT2D eigenvalue weighted by atomic mass is 79.9. The van der Waals surface area contributed by atoms with E-state index in [1.165, 1.54) is 6.07 Å². The molecule has 8 heteroatoms. The summed E-state index contributed by atoms with van der Waals surface area (Å²) in [5.74, 6) is -0.136. The van der Waals surface area contributed by atoms with Gasteiger partial charge in [0.2, 0.25) is 10.2 Å². The average molecular weight is 366 g/mol. The molecule has 2 fully saturated rings. The lowest BCUT2D eigenvalue weighted by Crippen LogP contribution is -2.38. The normalized spacial score (nSPS) is 33.4. The van der Waals surface area contributed by atoms with Crippen LogP contribution in [0.5, 0.6) is 0 Å². The average Bonchev–Trinajstić information content (AvgIpc) is 2.70. The van der Waals surface area contributed by atoms with Crippen LogP contribution in [-0.4, -0.2) is 33.3 Å². The van der Waals surface area contributed by atoms with Crippen LogP contribution in [-0.2, 0) is 14.4 Å². The maximum Gasteiger partial charge on any atom is 0.218 e. The Morgan fingerprint density at radius 1 is 1.53 bits per heavy atom. The molecule has 2 N–H and O–H groups in total. The van der Waals surface area contributed by atoms with Crippen LogP contribution in [0.3, 0.4) is 0 Å². The Balaban J connectivity index is 2.00. The van der Waals surface area contributed by atoms with Crippen molar-refractivity contribution in [2.24, 2.45) is 0 Å². The molecule has 1 aromatic carbocycles. The Hall–Kier alpha value is -0.570. The van der Waals surface area contributed by atoms with Crippen LogP contribution >= 0.6 is 28.1 Å². The molecule has 0 bridgehead atoms. The zero-order valence-corrected chi connectivity index (χ0v) is 12.9. The van der Waals surface area contributed by atoms with E-state index >= 15 is 0 Å². The van der Waals surface area contributed by atoms with Crippen LogP contribution in [0.15, 0.2) is 22.7 Å². The number of nitrogens with one attached hydrogen (secondary N) is 1. The highest BCUT2D eigenvalue weighted by Gasteiger charge is 2.54. The van der Waals surface area contributed by atoms with Crippen molar-refractivity contribution >= 4 is 49.2 Å². The molecular weight excluding hydrogens is 355 g/mol. The minimum Gasteiger partial charge on any atom is -0.352 e. The van der Waals surface area contributed by atoms with Crippen molar-refractivity contribution in [3.8, 4) is 0 Å². The molecule has 3 rings (SSSR count). The molecule has 0 radical (unpaired) electrons. The third-order valence-corrected chi connectivity index (χ3v) is 5.91. The van der Waals surface area contributed by atoms with Gasteiger partial charge in [0.25, 0.3) is 0 Å². The molecule has 0 aromatic heterocycles. The van der Waals surface area contributed by atoms with Gasteiger partial charge < -0.3 is 10.2 Å². The summed E-state index contributed by atoms with van der Waals surface area (Å²) >= 11 is 8.41. The number of halogens is 2.